The molecule has 0 heterocycles. The van der Waals surface area contributed by atoms with Crippen molar-refractivity contribution in [1.82, 2.24) is 0 Å². The van der Waals surface area contributed by atoms with Crippen molar-refractivity contribution in [2.45, 2.75) is 0 Å². The fraction of sp³-hybridized carbons (Fsp3) is 0.111. The van der Waals surface area contributed by atoms with Gasteiger partial charge >= 0.3 is 11.9 Å². The van der Waals surface area contributed by atoms with E-state index >= 15 is 0 Å². The highest BCUT2D eigenvalue weighted by Gasteiger charge is 2.18. The number of phenolic OH excluding ortho intramolecular Hbond substituents is 2. The van der Waals surface area contributed by atoms with Gasteiger partial charge in [0.25, 0.3) is 0 Å². The third kappa shape index (κ3) is 3.73. The minimum Gasteiger partial charge on any atom is -0.504 e. The second kappa shape index (κ2) is 7.32. The van der Waals surface area contributed by atoms with Crippen LogP contribution < -0.4 is 0 Å². The van der Waals surface area contributed by atoms with Gasteiger partial charge in [-0.25, -0.2) is 9.59 Å². The van der Waals surface area contributed by atoms with Crippen LogP contribution in [-0.4, -0.2) is 36.4 Å². The Labute approximate surface area is 138 Å². The Morgan fingerprint density at radius 3 is 1.92 bits per heavy atom. The molecule has 0 aliphatic rings. The first kappa shape index (κ1) is 17.1. The van der Waals surface area contributed by atoms with Gasteiger partial charge in [0.2, 0.25) is 0 Å². The van der Waals surface area contributed by atoms with Gasteiger partial charge in [0.15, 0.2) is 11.5 Å². The SMILES string of the molecule is COC(=O)c1ccc(/C=C/c2ccc(O)c(O)c2)cc1C(=O)OC. The number of aromatic hydroxyl groups is 2. The first-order chi connectivity index (χ1) is 11.5. The van der Waals surface area contributed by atoms with Gasteiger partial charge in [-0.05, 0) is 35.4 Å². The molecule has 124 valence electrons. The summed E-state index contributed by atoms with van der Waals surface area (Å²) in [7, 11) is 2.46. The second-order valence-electron chi connectivity index (χ2n) is 4.87. The Morgan fingerprint density at radius 2 is 1.33 bits per heavy atom. The summed E-state index contributed by atoms with van der Waals surface area (Å²) < 4.78 is 9.34. The average Bonchev–Trinajstić information content (AvgIpc) is 2.61. The van der Waals surface area contributed by atoms with Crippen molar-refractivity contribution in [3.05, 3.63) is 58.7 Å². The minimum absolute atomic E-state index is 0.0973. The van der Waals surface area contributed by atoms with E-state index in [1.165, 1.54) is 38.5 Å². The van der Waals surface area contributed by atoms with Gasteiger partial charge in [-0.1, -0.05) is 24.3 Å². The Morgan fingerprint density at radius 1 is 0.792 bits per heavy atom. The van der Waals surface area contributed by atoms with Crippen LogP contribution in [0.25, 0.3) is 12.2 Å². The lowest BCUT2D eigenvalue weighted by atomic mass is 10.0. The molecule has 0 fully saturated rings. The van der Waals surface area contributed by atoms with E-state index in [0.29, 0.717) is 11.1 Å². The highest BCUT2D eigenvalue weighted by Crippen LogP contribution is 2.26. The maximum atomic E-state index is 11.8. The maximum Gasteiger partial charge on any atom is 0.338 e. The van der Waals surface area contributed by atoms with Gasteiger partial charge < -0.3 is 19.7 Å². The van der Waals surface area contributed by atoms with Gasteiger partial charge in [-0.3, -0.25) is 0 Å². The van der Waals surface area contributed by atoms with E-state index in [1.807, 2.05) is 0 Å². The number of esters is 2. The van der Waals surface area contributed by atoms with Crippen molar-refractivity contribution in [2.75, 3.05) is 14.2 Å². The number of rotatable bonds is 4. The number of carbonyl (C=O) groups is 2. The Balaban J connectivity index is 2.37. The van der Waals surface area contributed by atoms with Gasteiger partial charge in [0, 0.05) is 0 Å². The van der Waals surface area contributed by atoms with E-state index < -0.39 is 11.9 Å². The van der Waals surface area contributed by atoms with Gasteiger partial charge in [0.1, 0.15) is 0 Å². The van der Waals surface area contributed by atoms with Crippen LogP contribution in [0.2, 0.25) is 0 Å². The van der Waals surface area contributed by atoms with Gasteiger partial charge in [-0.15, -0.1) is 0 Å². The third-order valence-electron chi connectivity index (χ3n) is 3.32. The molecule has 2 aromatic rings. The van der Waals surface area contributed by atoms with E-state index in [4.69, 9.17) is 0 Å². The summed E-state index contributed by atoms with van der Waals surface area (Å²) in [4.78, 5) is 23.6. The van der Waals surface area contributed by atoms with Crippen molar-refractivity contribution in [3.8, 4) is 11.5 Å². The van der Waals surface area contributed by atoms with Crippen LogP contribution in [0.4, 0.5) is 0 Å². The summed E-state index contributed by atoms with van der Waals surface area (Å²) in [5.74, 6) is -1.71. The Kier molecular flexibility index (Phi) is 5.21. The van der Waals surface area contributed by atoms with Crippen molar-refractivity contribution in [1.29, 1.82) is 0 Å². The zero-order valence-electron chi connectivity index (χ0n) is 13.1. The zero-order chi connectivity index (χ0) is 17.7. The first-order valence-electron chi connectivity index (χ1n) is 6.97. The first-order valence-corrected chi connectivity index (χ1v) is 6.97. The molecule has 6 heteroatoms. The maximum absolute atomic E-state index is 11.8. The molecule has 0 unspecified atom stereocenters. The summed E-state index contributed by atoms with van der Waals surface area (Å²) in [5.41, 5.74) is 1.52. The predicted molar refractivity (Wildman–Crippen MR) is 87.8 cm³/mol. The van der Waals surface area contributed by atoms with Crippen LogP contribution >= 0.6 is 0 Å². The van der Waals surface area contributed by atoms with Gasteiger partial charge in [0.05, 0.1) is 25.3 Å². The van der Waals surface area contributed by atoms with Crippen LogP contribution in [0.1, 0.15) is 31.8 Å². The van der Waals surface area contributed by atoms with Crippen LogP contribution in [0.15, 0.2) is 36.4 Å². The molecule has 0 atom stereocenters. The molecule has 2 rings (SSSR count). The highest BCUT2D eigenvalue weighted by atomic mass is 16.5. The minimum atomic E-state index is -0.645. The molecule has 2 aromatic carbocycles. The van der Waals surface area contributed by atoms with Crippen molar-refractivity contribution in [3.63, 3.8) is 0 Å². The number of hydrogen-bond acceptors (Lipinski definition) is 6. The topological polar surface area (TPSA) is 93.1 Å². The number of methoxy groups -OCH3 is 2. The van der Waals surface area contributed by atoms with E-state index in [0.717, 1.165) is 0 Å². The number of hydrogen-bond donors (Lipinski definition) is 2. The molecule has 0 radical (unpaired) electrons. The fourth-order valence-electron chi connectivity index (χ4n) is 2.07. The molecule has 0 amide bonds. The molecule has 0 spiro atoms. The lowest BCUT2D eigenvalue weighted by molar-refractivity contribution is 0.0555. The summed E-state index contributed by atoms with van der Waals surface area (Å²) in [6.45, 7) is 0. The summed E-state index contributed by atoms with van der Waals surface area (Å²) >= 11 is 0. The molecule has 6 nitrogen and oxygen atoms in total. The Hall–Kier alpha value is -3.28. The van der Waals surface area contributed by atoms with Crippen molar-refractivity contribution in [2.24, 2.45) is 0 Å². The van der Waals surface area contributed by atoms with Crippen molar-refractivity contribution < 1.29 is 29.3 Å². The molecule has 0 saturated carbocycles. The smallest absolute Gasteiger partial charge is 0.338 e. The largest absolute Gasteiger partial charge is 0.504 e. The fourth-order valence-corrected chi connectivity index (χ4v) is 2.07. The predicted octanol–water partition coefficient (Wildman–Crippen LogP) is 2.84. The summed E-state index contributed by atoms with van der Waals surface area (Å²) in [5, 5.41) is 18.8. The van der Waals surface area contributed by atoms with E-state index in [1.54, 1.807) is 24.3 Å². The molecule has 2 N–H and O–H groups in total. The standard InChI is InChI=1S/C18H16O6/c1-23-17(21)13-7-5-11(9-14(13)18(22)24-2)3-4-12-6-8-15(19)16(20)10-12/h3-10,19-20H,1-2H3/b4-3+. The zero-order valence-corrected chi connectivity index (χ0v) is 13.1. The van der Waals surface area contributed by atoms with Crippen LogP contribution in [0, 0.1) is 0 Å². The number of benzene rings is 2. The summed E-state index contributed by atoms with van der Waals surface area (Å²) in [6.07, 6.45) is 3.38. The lowest BCUT2D eigenvalue weighted by Gasteiger charge is -2.07. The molecule has 0 aliphatic carbocycles. The van der Waals surface area contributed by atoms with Crippen LogP contribution in [0.3, 0.4) is 0 Å². The molecule has 0 saturated heterocycles. The number of ether oxygens (including phenoxy) is 2. The normalized spacial score (nSPS) is 10.6. The van der Waals surface area contributed by atoms with Gasteiger partial charge in [-0.2, -0.15) is 0 Å². The monoisotopic (exact) mass is 328 g/mol. The molecular formula is C18H16O6. The molecule has 0 bridgehead atoms. The van der Waals surface area contributed by atoms with Crippen LogP contribution in [0.5, 0.6) is 11.5 Å². The third-order valence-corrected chi connectivity index (χ3v) is 3.32. The number of carbonyl (C=O) groups excluding carboxylic acids is 2. The molecule has 0 aliphatic heterocycles. The lowest BCUT2D eigenvalue weighted by Crippen LogP contribution is -2.11. The van der Waals surface area contributed by atoms with Crippen molar-refractivity contribution >= 4 is 24.1 Å². The van der Waals surface area contributed by atoms with E-state index in [2.05, 4.69) is 9.47 Å². The number of phenols is 2. The van der Waals surface area contributed by atoms with E-state index in [-0.39, 0.29) is 22.6 Å². The Bertz CT molecular complexity index is 807. The second-order valence-corrected chi connectivity index (χ2v) is 4.87. The van der Waals surface area contributed by atoms with Crippen LogP contribution in [-0.2, 0) is 9.47 Å². The molecule has 0 aromatic heterocycles. The quantitative estimate of drug-likeness (QED) is 0.509. The van der Waals surface area contributed by atoms with E-state index in [9.17, 15) is 19.8 Å². The summed E-state index contributed by atoms with van der Waals surface area (Å²) in [6, 6.07) is 9.02. The highest BCUT2D eigenvalue weighted by molar-refractivity contribution is 6.03. The molecule has 24 heavy (non-hydrogen) atoms. The molecular weight excluding hydrogens is 312 g/mol. The average molecular weight is 328 g/mol.